The molecule has 0 unspecified atom stereocenters. The first kappa shape index (κ1) is 25.8. The quantitative estimate of drug-likeness (QED) is 0.386. The van der Waals surface area contributed by atoms with Gasteiger partial charge in [0.2, 0.25) is 12.7 Å². The van der Waals surface area contributed by atoms with Gasteiger partial charge in [0.25, 0.3) is 5.91 Å². The molecule has 3 aromatic rings. The molecule has 5 rings (SSSR count). The highest BCUT2D eigenvalue weighted by molar-refractivity contribution is 5.92. The number of esters is 1. The number of benzene rings is 2. The van der Waals surface area contributed by atoms with E-state index in [9.17, 15) is 9.59 Å². The molecular formula is C29H33N3O6. The van der Waals surface area contributed by atoms with Crippen molar-refractivity contribution in [2.24, 2.45) is 5.92 Å². The van der Waals surface area contributed by atoms with Crippen molar-refractivity contribution in [3.8, 4) is 11.5 Å². The summed E-state index contributed by atoms with van der Waals surface area (Å²) < 4.78 is 21.9. The number of hydrogen-bond acceptors (Lipinski definition) is 8. The first-order valence-corrected chi connectivity index (χ1v) is 13.0. The summed E-state index contributed by atoms with van der Waals surface area (Å²) in [4.78, 5) is 33.8. The molecule has 2 aliphatic heterocycles. The Morgan fingerprint density at radius 3 is 2.71 bits per heavy atom. The van der Waals surface area contributed by atoms with Crippen molar-refractivity contribution in [1.82, 2.24) is 14.8 Å². The Labute approximate surface area is 222 Å². The second-order valence-corrected chi connectivity index (χ2v) is 9.79. The fourth-order valence-electron chi connectivity index (χ4n) is 4.98. The van der Waals surface area contributed by atoms with Gasteiger partial charge in [0.05, 0.1) is 19.1 Å². The molecule has 38 heavy (non-hydrogen) atoms. The van der Waals surface area contributed by atoms with Crippen LogP contribution < -0.4 is 9.47 Å². The number of rotatable bonds is 9. The summed E-state index contributed by atoms with van der Waals surface area (Å²) in [5.41, 5.74) is 3.69. The first-order valence-electron chi connectivity index (χ1n) is 13.0. The molecule has 0 aliphatic carbocycles. The van der Waals surface area contributed by atoms with E-state index >= 15 is 0 Å². The van der Waals surface area contributed by atoms with Crippen molar-refractivity contribution in [2.75, 3.05) is 26.5 Å². The zero-order chi connectivity index (χ0) is 26.5. The standard InChI is InChI=1S/C29H33N3O6/c1-3-35-29(34)23-8-5-11-32(16-23)28(33)24-18-36-27(30-24)17-31(14-21-7-4-6-20(2)12-21)15-22-9-10-25-26(13-22)38-19-37-25/h4,6-7,9-10,12-13,18,23H,3,5,8,11,14-17,19H2,1-2H3/t23-/m1/s1. The van der Waals surface area contributed by atoms with Crippen molar-refractivity contribution >= 4 is 11.9 Å². The zero-order valence-electron chi connectivity index (χ0n) is 21.9. The second kappa shape index (κ2) is 11.7. The lowest BCUT2D eigenvalue weighted by atomic mass is 9.98. The third-order valence-corrected chi connectivity index (χ3v) is 6.79. The Kier molecular flexibility index (Phi) is 7.93. The Hall–Kier alpha value is -3.85. The summed E-state index contributed by atoms with van der Waals surface area (Å²) in [6.45, 7) is 7.07. The maximum Gasteiger partial charge on any atom is 0.310 e. The zero-order valence-corrected chi connectivity index (χ0v) is 21.9. The van der Waals surface area contributed by atoms with Crippen molar-refractivity contribution in [3.63, 3.8) is 0 Å². The van der Waals surface area contributed by atoms with Gasteiger partial charge in [-0.1, -0.05) is 35.9 Å². The van der Waals surface area contributed by atoms with Crippen molar-refractivity contribution in [1.29, 1.82) is 0 Å². The molecular weight excluding hydrogens is 486 g/mol. The van der Waals surface area contributed by atoms with Gasteiger partial charge in [-0.15, -0.1) is 0 Å². The predicted molar refractivity (Wildman–Crippen MR) is 138 cm³/mol. The number of amides is 1. The average molecular weight is 520 g/mol. The van der Waals surface area contributed by atoms with Crippen LogP contribution in [0.2, 0.25) is 0 Å². The van der Waals surface area contributed by atoms with E-state index in [1.807, 2.05) is 24.3 Å². The number of nitrogens with zero attached hydrogens (tertiary/aromatic N) is 3. The number of hydrogen-bond donors (Lipinski definition) is 0. The monoisotopic (exact) mass is 519 g/mol. The Morgan fingerprint density at radius 2 is 1.89 bits per heavy atom. The van der Waals surface area contributed by atoms with E-state index in [1.165, 1.54) is 17.4 Å². The fraction of sp³-hybridized carbons (Fsp3) is 0.414. The highest BCUT2D eigenvalue weighted by Crippen LogP contribution is 2.33. The van der Waals surface area contributed by atoms with Crippen LogP contribution in [0.3, 0.4) is 0 Å². The molecule has 1 fully saturated rings. The lowest BCUT2D eigenvalue weighted by Crippen LogP contribution is -2.43. The van der Waals surface area contributed by atoms with E-state index in [4.69, 9.17) is 18.6 Å². The summed E-state index contributed by atoms with van der Waals surface area (Å²) in [5.74, 6) is 1.17. The van der Waals surface area contributed by atoms with Gasteiger partial charge in [0, 0.05) is 26.2 Å². The molecule has 1 atom stereocenters. The first-order chi connectivity index (χ1) is 18.5. The summed E-state index contributed by atoms with van der Waals surface area (Å²) in [6, 6.07) is 14.3. The van der Waals surface area contributed by atoms with Crippen LogP contribution in [-0.4, -0.2) is 53.1 Å². The number of likely N-dealkylation sites (tertiary alicyclic amines) is 1. The minimum Gasteiger partial charge on any atom is -0.466 e. The number of oxazole rings is 1. The number of aromatic nitrogens is 1. The fourth-order valence-corrected chi connectivity index (χ4v) is 4.98. The van der Waals surface area contributed by atoms with Crippen LogP contribution in [-0.2, 0) is 29.2 Å². The van der Waals surface area contributed by atoms with Crippen LogP contribution in [0.4, 0.5) is 0 Å². The van der Waals surface area contributed by atoms with E-state index in [0.717, 1.165) is 29.9 Å². The van der Waals surface area contributed by atoms with Gasteiger partial charge in [0.15, 0.2) is 17.2 Å². The number of ether oxygens (including phenoxy) is 3. The number of piperidine rings is 1. The second-order valence-electron chi connectivity index (χ2n) is 9.79. The number of carbonyl (C=O) groups is 2. The molecule has 9 heteroatoms. The number of fused-ring (bicyclic) bond motifs is 1. The minimum absolute atomic E-state index is 0.227. The van der Waals surface area contributed by atoms with Gasteiger partial charge in [-0.2, -0.15) is 0 Å². The molecule has 0 radical (unpaired) electrons. The smallest absolute Gasteiger partial charge is 0.310 e. The van der Waals surface area contributed by atoms with Crippen molar-refractivity contribution < 1.29 is 28.2 Å². The molecule has 0 spiro atoms. The molecule has 1 aromatic heterocycles. The maximum atomic E-state index is 13.2. The molecule has 1 amide bonds. The van der Waals surface area contributed by atoms with E-state index in [0.29, 0.717) is 45.2 Å². The van der Waals surface area contributed by atoms with Crippen LogP contribution in [0.5, 0.6) is 11.5 Å². The summed E-state index contributed by atoms with van der Waals surface area (Å²) in [6.07, 6.45) is 2.89. The predicted octanol–water partition coefficient (Wildman–Crippen LogP) is 4.33. The highest BCUT2D eigenvalue weighted by Gasteiger charge is 2.31. The molecule has 1 saturated heterocycles. The van der Waals surface area contributed by atoms with E-state index in [1.54, 1.807) is 11.8 Å². The van der Waals surface area contributed by atoms with Crippen LogP contribution in [0.1, 0.15) is 52.8 Å². The molecule has 2 aromatic carbocycles. The molecule has 0 N–H and O–H groups in total. The van der Waals surface area contributed by atoms with Crippen LogP contribution in [0.25, 0.3) is 0 Å². The van der Waals surface area contributed by atoms with Crippen LogP contribution >= 0.6 is 0 Å². The van der Waals surface area contributed by atoms with Gasteiger partial charge in [-0.05, 0) is 49.9 Å². The van der Waals surface area contributed by atoms with Gasteiger partial charge in [0.1, 0.15) is 6.26 Å². The van der Waals surface area contributed by atoms with Gasteiger partial charge in [-0.25, -0.2) is 4.98 Å². The molecule has 200 valence electrons. The van der Waals surface area contributed by atoms with Crippen molar-refractivity contribution in [2.45, 2.75) is 46.3 Å². The summed E-state index contributed by atoms with van der Waals surface area (Å²) in [7, 11) is 0. The third kappa shape index (κ3) is 6.16. The molecule has 0 saturated carbocycles. The van der Waals surface area contributed by atoms with Gasteiger partial charge in [-0.3, -0.25) is 14.5 Å². The summed E-state index contributed by atoms with van der Waals surface area (Å²) in [5, 5.41) is 0. The molecule has 3 heterocycles. The number of carbonyl (C=O) groups excluding carboxylic acids is 2. The molecule has 2 aliphatic rings. The lowest BCUT2D eigenvalue weighted by Gasteiger charge is -2.30. The summed E-state index contributed by atoms with van der Waals surface area (Å²) >= 11 is 0. The largest absolute Gasteiger partial charge is 0.466 e. The minimum atomic E-state index is -0.300. The average Bonchev–Trinajstić information content (AvgIpc) is 3.58. The van der Waals surface area contributed by atoms with E-state index in [-0.39, 0.29) is 30.3 Å². The molecule has 9 nitrogen and oxygen atoms in total. The van der Waals surface area contributed by atoms with E-state index < -0.39 is 0 Å². The van der Waals surface area contributed by atoms with Gasteiger partial charge < -0.3 is 23.5 Å². The normalized spacial score (nSPS) is 16.6. The third-order valence-electron chi connectivity index (χ3n) is 6.79. The topological polar surface area (TPSA) is 94.3 Å². The van der Waals surface area contributed by atoms with Crippen LogP contribution in [0, 0.1) is 12.8 Å². The Balaban J connectivity index is 1.29. The lowest BCUT2D eigenvalue weighted by molar-refractivity contribution is -0.149. The molecule has 0 bridgehead atoms. The van der Waals surface area contributed by atoms with E-state index in [2.05, 4.69) is 35.0 Å². The SMILES string of the molecule is CCOC(=O)[C@@H]1CCCN(C(=O)c2coc(CN(Cc3cccc(C)c3)Cc3ccc4c(c3)OCO4)n2)C1. The Morgan fingerprint density at radius 1 is 1.08 bits per heavy atom. The number of aryl methyl sites for hydroxylation is 1. The van der Waals surface area contributed by atoms with Gasteiger partial charge >= 0.3 is 5.97 Å². The van der Waals surface area contributed by atoms with Crippen molar-refractivity contribution in [3.05, 3.63) is 77.0 Å². The maximum absolute atomic E-state index is 13.2. The Bertz CT molecular complexity index is 1290. The highest BCUT2D eigenvalue weighted by atomic mass is 16.7. The van der Waals surface area contributed by atoms with Crippen LogP contribution in [0.15, 0.2) is 53.1 Å².